The SMILES string of the molecule is O=S(=O)(F)Cc1ccc(Cl)s1. The van der Waals surface area contributed by atoms with E-state index in [4.69, 9.17) is 11.6 Å². The fourth-order valence-corrected chi connectivity index (χ4v) is 2.58. The molecule has 1 aromatic heterocycles. The Morgan fingerprint density at radius 2 is 2.18 bits per heavy atom. The van der Waals surface area contributed by atoms with Crippen molar-refractivity contribution in [3.63, 3.8) is 0 Å². The van der Waals surface area contributed by atoms with Crippen molar-refractivity contribution in [2.75, 3.05) is 0 Å². The Labute approximate surface area is 72.8 Å². The van der Waals surface area contributed by atoms with Crippen LogP contribution in [-0.4, -0.2) is 8.42 Å². The van der Waals surface area contributed by atoms with Gasteiger partial charge in [-0.3, -0.25) is 0 Å². The Bertz CT molecular complexity index is 343. The molecule has 0 aliphatic carbocycles. The average Bonchev–Trinajstić information content (AvgIpc) is 2.10. The van der Waals surface area contributed by atoms with E-state index in [1.807, 2.05) is 0 Å². The summed E-state index contributed by atoms with van der Waals surface area (Å²) in [5.41, 5.74) is 0. The van der Waals surface area contributed by atoms with Crippen molar-refractivity contribution in [3.8, 4) is 0 Å². The summed E-state index contributed by atoms with van der Waals surface area (Å²) >= 11 is 6.55. The molecule has 0 saturated heterocycles. The van der Waals surface area contributed by atoms with Gasteiger partial charge in [0, 0.05) is 4.88 Å². The number of halogens is 2. The van der Waals surface area contributed by atoms with Crippen molar-refractivity contribution in [1.82, 2.24) is 0 Å². The fraction of sp³-hybridized carbons (Fsp3) is 0.200. The van der Waals surface area contributed by atoms with Crippen LogP contribution < -0.4 is 0 Å². The molecule has 62 valence electrons. The third-order valence-corrected chi connectivity index (χ3v) is 3.01. The first-order chi connectivity index (χ1) is 4.97. The van der Waals surface area contributed by atoms with Gasteiger partial charge in [0.15, 0.2) is 0 Å². The molecule has 0 aliphatic rings. The van der Waals surface area contributed by atoms with E-state index in [0.717, 1.165) is 11.3 Å². The molecular formula is C5H4ClFO2S2. The van der Waals surface area contributed by atoms with E-state index < -0.39 is 16.0 Å². The fourth-order valence-electron chi connectivity index (χ4n) is 0.599. The zero-order valence-electron chi connectivity index (χ0n) is 5.25. The van der Waals surface area contributed by atoms with Crippen molar-refractivity contribution in [2.24, 2.45) is 0 Å². The van der Waals surface area contributed by atoms with Crippen LogP contribution in [0.25, 0.3) is 0 Å². The maximum Gasteiger partial charge on any atom is 0.307 e. The molecule has 0 aromatic carbocycles. The van der Waals surface area contributed by atoms with Crippen LogP contribution in [0.1, 0.15) is 4.88 Å². The molecule has 0 spiro atoms. The second-order valence-corrected chi connectivity index (χ2v) is 5.05. The smallest absolute Gasteiger partial charge is 0.194 e. The highest BCUT2D eigenvalue weighted by Crippen LogP contribution is 2.23. The summed E-state index contributed by atoms with van der Waals surface area (Å²) < 4.78 is 32.7. The van der Waals surface area contributed by atoms with Gasteiger partial charge in [0.2, 0.25) is 0 Å². The molecule has 0 aliphatic heterocycles. The molecule has 0 N–H and O–H groups in total. The molecule has 1 rings (SSSR count). The minimum absolute atomic E-state index is 0.414. The van der Waals surface area contributed by atoms with Gasteiger partial charge in [0.25, 0.3) is 0 Å². The van der Waals surface area contributed by atoms with Gasteiger partial charge < -0.3 is 0 Å². The molecule has 6 heteroatoms. The maximum absolute atomic E-state index is 12.0. The highest BCUT2D eigenvalue weighted by Gasteiger charge is 2.10. The Morgan fingerprint density at radius 1 is 1.55 bits per heavy atom. The van der Waals surface area contributed by atoms with Crippen molar-refractivity contribution in [2.45, 2.75) is 5.75 Å². The third-order valence-electron chi connectivity index (χ3n) is 0.944. The van der Waals surface area contributed by atoms with Gasteiger partial charge in [-0.15, -0.1) is 15.2 Å². The van der Waals surface area contributed by atoms with Crippen LogP contribution in [0.15, 0.2) is 12.1 Å². The largest absolute Gasteiger partial charge is 0.307 e. The monoisotopic (exact) mass is 214 g/mol. The summed E-state index contributed by atoms with van der Waals surface area (Å²) in [5, 5.41) is 0. The minimum atomic E-state index is -4.41. The number of rotatable bonds is 2. The summed E-state index contributed by atoms with van der Waals surface area (Å²) in [7, 11) is -4.41. The van der Waals surface area contributed by atoms with Crippen LogP contribution in [0.4, 0.5) is 3.89 Å². The molecule has 0 radical (unpaired) electrons. The minimum Gasteiger partial charge on any atom is -0.194 e. The molecule has 1 aromatic rings. The second-order valence-electron chi connectivity index (χ2n) is 1.89. The van der Waals surface area contributed by atoms with Crippen LogP contribution >= 0.6 is 22.9 Å². The van der Waals surface area contributed by atoms with Crippen molar-refractivity contribution < 1.29 is 12.3 Å². The lowest BCUT2D eigenvalue weighted by Crippen LogP contribution is -1.92. The zero-order valence-corrected chi connectivity index (χ0v) is 7.64. The maximum atomic E-state index is 12.0. The predicted octanol–water partition coefficient (Wildman–Crippen LogP) is 2.20. The van der Waals surface area contributed by atoms with E-state index in [2.05, 4.69) is 0 Å². The first kappa shape index (κ1) is 8.96. The summed E-state index contributed by atoms with van der Waals surface area (Å²) in [6.45, 7) is 0. The Kier molecular flexibility index (Phi) is 2.51. The van der Waals surface area contributed by atoms with Gasteiger partial charge in [-0.25, -0.2) is 0 Å². The van der Waals surface area contributed by atoms with E-state index in [9.17, 15) is 12.3 Å². The summed E-state index contributed by atoms with van der Waals surface area (Å²) in [6.07, 6.45) is 0. The third kappa shape index (κ3) is 3.18. The van der Waals surface area contributed by atoms with E-state index >= 15 is 0 Å². The molecule has 2 nitrogen and oxygen atoms in total. The van der Waals surface area contributed by atoms with Gasteiger partial charge in [-0.1, -0.05) is 11.6 Å². The molecule has 0 saturated carbocycles. The first-order valence-electron chi connectivity index (χ1n) is 2.64. The van der Waals surface area contributed by atoms with Crippen LogP contribution in [0.5, 0.6) is 0 Å². The summed E-state index contributed by atoms with van der Waals surface area (Å²) in [5.74, 6) is -0.579. The average molecular weight is 215 g/mol. The summed E-state index contributed by atoms with van der Waals surface area (Å²) in [4.78, 5) is 0.414. The Hall–Kier alpha value is -0.130. The highest BCUT2D eigenvalue weighted by atomic mass is 35.5. The lowest BCUT2D eigenvalue weighted by molar-refractivity contribution is 0.551. The molecule has 11 heavy (non-hydrogen) atoms. The van der Waals surface area contributed by atoms with E-state index in [-0.39, 0.29) is 0 Å². The molecule has 0 atom stereocenters. The molecule has 0 amide bonds. The Balaban J connectivity index is 2.81. The quantitative estimate of drug-likeness (QED) is 0.708. The van der Waals surface area contributed by atoms with Crippen molar-refractivity contribution >= 4 is 33.2 Å². The molecule has 0 bridgehead atoms. The van der Waals surface area contributed by atoms with Crippen LogP contribution in [0, 0.1) is 0 Å². The number of hydrogen-bond donors (Lipinski definition) is 0. The molecule has 0 unspecified atom stereocenters. The number of hydrogen-bond acceptors (Lipinski definition) is 3. The highest BCUT2D eigenvalue weighted by molar-refractivity contribution is 7.85. The van der Waals surface area contributed by atoms with Gasteiger partial charge in [-0.2, -0.15) is 8.42 Å². The van der Waals surface area contributed by atoms with Crippen LogP contribution in [-0.2, 0) is 16.0 Å². The standard InChI is InChI=1S/C5H4ClFO2S2/c6-5-2-1-4(10-5)3-11(7,8)9/h1-2H,3H2. The molecular weight excluding hydrogens is 211 g/mol. The predicted molar refractivity (Wildman–Crippen MR) is 43.1 cm³/mol. The first-order valence-corrected chi connectivity index (χ1v) is 5.38. The van der Waals surface area contributed by atoms with Gasteiger partial charge in [0.05, 0.1) is 4.34 Å². The van der Waals surface area contributed by atoms with Crippen LogP contribution in [0.3, 0.4) is 0 Å². The Morgan fingerprint density at radius 3 is 2.55 bits per heavy atom. The van der Waals surface area contributed by atoms with Crippen LogP contribution in [0.2, 0.25) is 4.34 Å². The second kappa shape index (κ2) is 3.08. The zero-order chi connectivity index (χ0) is 8.48. The lowest BCUT2D eigenvalue weighted by atomic mass is 10.5. The van der Waals surface area contributed by atoms with E-state index in [0.29, 0.717) is 9.21 Å². The molecule has 1 heterocycles. The van der Waals surface area contributed by atoms with E-state index in [1.165, 1.54) is 12.1 Å². The topological polar surface area (TPSA) is 34.1 Å². The molecule has 0 fully saturated rings. The van der Waals surface area contributed by atoms with Crippen molar-refractivity contribution in [1.29, 1.82) is 0 Å². The summed E-state index contributed by atoms with van der Waals surface area (Å²) in [6, 6.07) is 3.02. The normalized spacial score (nSPS) is 11.8. The lowest BCUT2D eigenvalue weighted by Gasteiger charge is -1.87. The van der Waals surface area contributed by atoms with Crippen molar-refractivity contribution in [3.05, 3.63) is 21.3 Å². The van der Waals surface area contributed by atoms with Gasteiger partial charge in [-0.05, 0) is 12.1 Å². The van der Waals surface area contributed by atoms with Gasteiger partial charge >= 0.3 is 10.2 Å². The van der Waals surface area contributed by atoms with Gasteiger partial charge in [0.1, 0.15) is 5.75 Å². The van der Waals surface area contributed by atoms with E-state index in [1.54, 1.807) is 0 Å². The number of thiophene rings is 1.